The Morgan fingerprint density at radius 2 is 1.92 bits per heavy atom. The Labute approximate surface area is 154 Å². The maximum atomic E-state index is 11.3. The molecule has 2 aromatic carbocycles. The summed E-state index contributed by atoms with van der Waals surface area (Å²) in [6.07, 6.45) is 1.80. The monoisotopic (exact) mass is 369 g/mol. The van der Waals surface area contributed by atoms with Crippen LogP contribution in [0.4, 0.5) is 5.82 Å². The van der Waals surface area contributed by atoms with Gasteiger partial charge in [0.1, 0.15) is 5.82 Å². The molecule has 1 saturated heterocycles. The second-order valence-corrected chi connectivity index (χ2v) is 7.09. The molecular weight excluding hydrogens is 350 g/mol. The fraction of sp³-hybridized carbons (Fsp3) is 0.263. The van der Waals surface area contributed by atoms with Gasteiger partial charge in [0.15, 0.2) is 11.1 Å². The van der Waals surface area contributed by atoms with Crippen molar-refractivity contribution in [2.75, 3.05) is 31.2 Å². The van der Waals surface area contributed by atoms with Crippen molar-refractivity contribution in [3.05, 3.63) is 54.2 Å². The number of benzene rings is 2. The Bertz CT molecular complexity index is 958. The molecule has 0 aliphatic carbocycles. The number of hydrogen-bond acceptors (Lipinski definition) is 5. The highest BCUT2D eigenvalue weighted by molar-refractivity contribution is 7.78. The molecule has 6 nitrogen and oxygen atoms in total. The molecule has 0 bridgehead atoms. The molecule has 0 amide bonds. The fourth-order valence-corrected chi connectivity index (χ4v) is 3.69. The number of nitrogens with zero attached hydrogens (tertiary/aromatic N) is 3. The van der Waals surface area contributed by atoms with Gasteiger partial charge in [0.2, 0.25) is 0 Å². The maximum Gasteiger partial charge on any atom is 0.157 e. The highest BCUT2D eigenvalue weighted by Crippen LogP contribution is 2.27. The number of rotatable bonds is 4. The van der Waals surface area contributed by atoms with Gasteiger partial charge in [-0.2, -0.15) is 0 Å². The average Bonchev–Trinajstić information content (AvgIpc) is 2.68. The predicted octanol–water partition coefficient (Wildman–Crippen LogP) is 2.86. The number of hydrogen-bond donors (Lipinski definition) is 1. The standard InChI is InChI=1S/C19H19N3O3S/c23-26(24)13-15-3-1-2-4-16(15)14-5-6-17-18(11-14)21-19(12-20-17)22-7-9-25-10-8-22/h1-6,11-12H,7-10,13H2,(H,23,24). The van der Waals surface area contributed by atoms with Gasteiger partial charge in [0.25, 0.3) is 0 Å². The Kier molecular flexibility index (Phi) is 4.92. The third-order valence-corrected chi connectivity index (χ3v) is 5.03. The molecule has 1 aliphatic rings. The minimum absolute atomic E-state index is 0.105. The predicted molar refractivity (Wildman–Crippen MR) is 102 cm³/mol. The van der Waals surface area contributed by atoms with Crippen LogP contribution < -0.4 is 4.90 Å². The second kappa shape index (κ2) is 7.49. The Hall–Kier alpha value is -2.35. The number of ether oxygens (including phenoxy) is 1. The SMILES string of the molecule is O=S(O)Cc1ccccc1-c1ccc2ncc(N3CCOCC3)nc2c1. The molecule has 7 heteroatoms. The number of aromatic nitrogens is 2. The third-order valence-electron chi connectivity index (χ3n) is 4.47. The summed E-state index contributed by atoms with van der Waals surface area (Å²) in [7, 11) is 0. The molecule has 0 saturated carbocycles. The van der Waals surface area contributed by atoms with Crippen LogP contribution in [0, 0.1) is 0 Å². The highest BCUT2D eigenvalue weighted by atomic mass is 32.2. The van der Waals surface area contributed by atoms with Gasteiger partial charge in [-0.1, -0.05) is 30.3 Å². The van der Waals surface area contributed by atoms with Crippen LogP contribution in [0.5, 0.6) is 0 Å². The zero-order valence-corrected chi connectivity index (χ0v) is 15.0. The van der Waals surface area contributed by atoms with Crippen LogP contribution in [0.1, 0.15) is 5.56 Å². The van der Waals surface area contributed by atoms with Crippen LogP contribution in [0.15, 0.2) is 48.7 Å². The quantitative estimate of drug-likeness (QED) is 0.713. The van der Waals surface area contributed by atoms with Crippen LogP contribution >= 0.6 is 0 Å². The van der Waals surface area contributed by atoms with E-state index in [0.717, 1.165) is 46.6 Å². The maximum absolute atomic E-state index is 11.3. The topological polar surface area (TPSA) is 75.5 Å². The summed E-state index contributed by atoms with van der Waals surface area (Å²) in [5.74, 6) is 0.955. The normalized spacial score (nSPS) is 16.0. The van der Waals surface area contributed by atoms with Crippen molar-refractivity contribution in [1.29, 1.82) is 0 Å². The van der Waals surface area contributed by atoms with E-state index in [9.17, 15) is 8.76 Å². The van der Waals surface area contributed by atoms with E-state index in [-0.39, 0.29) is 5.75 Å². The van der Waals surface area contributed by atoms with E-state index < -0.39 is 11.1 Å². The molecule has 1 atom stereocenters. The molecular formula is C19H19N3O3S. The highest BCUT2D eigenvalue weighted by Gasteiger charge is 2.14. The molecule has 3 aromatic rings. The lowest BCUT2D eigenvalue weighted by molar-refractivity contribution is 0.122. The lowest BCUT2D eigenvalue weighted by atomic mass is 10.00. The minimum atomic E-state index is -1.88. The summed E-state index contributed by atoms with van der Waals surface area (Å²) in [5, 5.41) is 0. The van der Waals surface area contributed by atoms with E-state index in [4.69, 9.17) is 9.72 Å². The largest absolute Gasteiger partial charge is 0.378 e. The zero-order chi connectivity index (χ0) is 17.9. The van der Waals surface area contributed by atoms with Crippen molar-refractivity contribution in [2.45, 2.75) is 5.75 Å². The molecule has 1 unspecified atom stereocenters. The lowest BCUT2D eigenvalue weighted by Crippen LogP contribution is -2.36. The summed E-state index contributed by atoms with van der Waals surface area (Å²) in [4.78, 5) is 11.5. The summed E-state index contributed by atoms with van der Waals surface area (Å²) in [5.41, 5.74) is 4.38. The summed E-state index contributed by atoms with van der Waals surface area (Å²) in [6.45, 7) is 3.02. The molecule has 0 radical (unpaired) electrons. The first-order valence-electron chi connectivity index (χ1n) is 8.46. The van der Waals surface area contributed by atoms with Gasteiger partial charge in [-0.15, -0.1) is 0 Å². The van der Waals surface area contributed by atoms with Crippen LogP contribution in [0.2, 0.25) is 0 Å². The van der Waals surface area contributed by atoms with E-state index in [1.165, 1.54) is 0 Å². The number of anilines is 1. The average molecular weight is 369 g/mol. The van der Waals surface area contributed by atoms with Crippen molar-refractivity contribution in [2.24, 2.45) is 0 Å². The van der Waals surface area contributed by atoms with Gasteiger partial charge < -0.3 is 14.2 Å². The van der Waals surface area contributed by atoms with Crippen LogP contribution in [0.3, 0.4) is 0 Å². The van der Waals surface area contributed by atoms with Gasteiger partial charge >= 0.3 is 0 Å². The van der Waals surface area contributed by atoms with Crippen molar-refractivity contribution in [3.63, 3.8) is 0 Å². The molecule has 1 N–H and O–H groups in total. The van der Waals surface area contributed by atoms with E-state index in [0.29, 0.717) is 13.2 Å². The Balaban J connectivity index is 1.74. The van der Waals surface area contributed by atoms with E-state index in [2.05, 4.69) is 9.88 Å². The molecule has 1 aromatic heterocycles. The summed E-state index contributed by atoms with van der Waals surface area (Å²) < 4.78 is 25.9. The Morgan fingerprint density at radius 3 is 2.73 bits per heavy atom. The lowest BCUT2D eigenvalue weighted by Gasteiger charge is -2.27. The fourth-order valence-electron chi connectivity index (χ4n) is 3.17. The molecule has 1 aliphatic heterocycles. The molecule has 0 spiro atoms. The second-order valence-electron chi connectivity index (χ2n) is 6.15. The molecule has 4 rings (SSSR count). The van der Waals surface area contributed by atoms with E-state index in [1.807, 2.05) is 42.5 Å². The first-order valence-corrected chi connectivity index (χ1v) is 9.73. The molecule has 134 valence electrons. The van der Waals surface area contributed by atoms with Gasteiger partial charge in [-0.05, 0) is 28.8 Å². The Morgan fingerprint density at radius 1 is 1.12 bits per heavy atom. The third kappa shape index (κ3) is 3.60. The van der Waals surface area contributed by atoms with Crippen molar-refractivity contribution in [3.8, 4) is 11.1 Å². The van der Waals surface area contributed by atoms with Crippen LogP contribution in [-0.2, 0) is 21.6 Å². The van der Waals surface area contributed by atoms with Crippen LogP contribution in [0.25, 0.3) is 22.2 Å². The van der Waals surface area contributed by atoms with Gasteiger partial charge in [0, 0.05) is 13.1 Å². The minimum Gasteiger partial charge on any atom is -0.378 e. The number of fused-ring (bicyclic) bond motifs is 1. The van der Waals surface area contributed by atoms with Crippen molar-refractivity contribution < 1.29 is 13.5 Å². The zero-order valence-electron chi connectivity index (χ0n) is 14.2. The van der Waals surface area contributed by atoms with Gasteiger partial charge in [0.05, 0.1) is 36.2 Å². The smallest absolute Gasteiger partial charge is 0.157 e. The summed E-state index contributed by atoms with van der Waals surface area (Å²) >= 11 is -1.88. The first-order chi connectivity index (χ1) is 12.7. The van der Waals surface area contributed by atoms with Crippen molar-refractivity contribution >= 4 is 27.9 Å². The number of morpholine rings is 1. The van der Waals surface area contributed by atoms with Crippen LogP contribution in [-0.4, -0.2) is 45.0 Å². The van der Waals surface area contributed by atoms with E-state index in [1.54, 1.807) is 6.20 Å². The molecule has 26 heavy (non-hydrogen) atoms. The molecule has 1 fully saturated rings. The van der Waals surface area contributed by atoms with Crippen molar-refractivity contribution in [1.82, 2.24) is 9.97 Å². The van der Waals surface area contributed by atoms with Gasteiger partial charge in [-0.25, -0.2) is 9.19 Å². The van der Waals surface area contributed by atoms with Gasteiger partial charge in [-0.3, -0.25) is 4.98 Å². The summed E-state index contributed by atoms with van der Waals surface area (Å²) in [6, 6.07) is 13.6. The molecule has 2 heterocycles. The van der Waals surface area contributed by atoms with E-state index >= 15 is 0 Å². The first kappa shape index (κ1) is 17.1.